The van der Waals surface area contributed by atoms with Gasteiger partial charge in [0, 0.05) is 23.7 Å². The second-order valence-corrected chi connectivity index (χ2v) is 5.72. The highest BCUT2D eigenvalue weighted by Gasteiger charge is 2.18. The Labute approximate surface area is 128 Å². The van der Waals surface area contributed by atoms with E-state index in [9.17, 15) is 4.79 Å². The summed E-state index contributed by atoms with van der Waals surface area (Å²) in [5.41, 5.74) is 1.44. The molecule has 1 aliphatic rings. The third kappa shape index (κ3) is 3.17. The normalized spacial score (nSPS) is 17.9. The quantitative estimate of drug-likeness (QED) is 0.938. The minimum atomic E-state index is -0.0852. The van der Waals surface area contributed by atoms with Gasteiger partial charge in [-0.15, -0.1) is 0 Å². The number of carbonyl (C=O) groups excluding carboxylic acids is 1. The number of aromatic nitrogens is 2. The minimum absolute atomic E-state index is 0.0852. The molecule has 0 aliphatic carbocycles. The van der Waals surface area contributed by atoms with Crippen molar-refractivity contribution >= 4 is 5.91 Å². The molecule has 1 saturated heterocycles. The Morgan fingerprint density at radius 2 is 2.09 bits per heavy atom. The summed E-state index contributed by atoms with van der Waals surface area (Å²) in [5, 5.41) is 6.92. The van der Waals surface area contributed by atoms with Crippen molar-refractivity contribution < 1.29 is 14.1 Å². The molecule has 6 heteroatoms. The van der Waals surface area contributed by atoms with Crippen LogP contribution in [0, 0.1) is 0 Å². The summed E-state index contributed by atoms with van der Waals surface area (Å²) in [6.07, 6.45) is 0.866. The first kappa shape index (κ1) is 14.7. The minimum Gasteiger partial charge on any atom is -0.379 e. The summed E-state index contributed by atoms with van der Waals surface area (Å²) < 4.78 is 10.4. The molecule has 6 nitrogen and oxygen atoms in total. The number of hydrogen-bond donors (Lipinski definition) is 1. The van der Waals surface area contributed by atoms with Gasteiger partial charge in [0.1, 0.15) is 0 Å². The molecule has 1 atom stereocenters. The van der Waals surface area contributed by atoms with Crippen LogP contribution in [0.2, 0.25) is 0 Å². The van der Waals surface area contributed by atoms with Crippen LogP contribution in [0.5, 0.6) is 0 Å². The first-order valence-corrected chi connectivity index (χ1v) is 7.46. The Morgan fingerprint density at radius 1 is 1.32 bits per heavy atom. The van der Waals surface area contributed by atoms with Gasteiger partial charge < -0.3 is 14.6 Å². The Morgan fingerprint density at radius 3 is 2.68 bits per heavy atom. The van der Waals surface area contributed by atoms with Crippen LogP contribution in [0.25, 0.3) is 11.4 Å². The number of benzene rings is 1. The maximum absolute atomic E-state index is 12.1. The highest BCUT2D eigenvalue weighted by atomic mass is 16.5. The molecule has 1 aliphatic heterocycles. The molecule has 116 valence electrons. The van der Waals surface area contributed by atoms with Crippen LogP contribution in [0.15, 0.2) is 28.8 Å². The van der Waals surface area contributed by atoms with Gasteiger partial charge in [-0.25, -0.2) is 0 Å². The van der Waals surface area contributed by atoms with Gasteiger partial charge in [-0.3, -0.25) is 4.79 Å². The lowest BCUT2D eigenvalue weighted by Crippen LogP contribution is -2.34. The van der Waals surface area contributed by atoms with Crippen LogP contribution in [0.4, 0.5) is 0 Å². The maximum Gasteiger partial charge on any atom is 0.251 e. The van der Waals surface area contributed by atoms with Gasteiger partial charge in [0.05, 0.1) is 12.6 Å². The molecule has 1 amide bonds. The molecular formula is C16H19N3O3. The molecule has 22 heavy (non-hydrogen) atoms. The third-order valence-corrected chi connectivity index (χ3v) is 3.61. The molecule has 1 aromatic heterocycles. The number of amides is 1. The van der Waals surface area contributed by atoms with E-state index in [0.29, 0.717) is 30.5 Å². The number of hydrogen-bond acceptors (Lipinski definition) is 5. The number of carbonyl (C=O) groups is 1. The van der Waals surface area contributed by atoms with E-state index in [1.165, 1.54) is 0 Å². The van der Waals surface area contributed by atoms with Gasteiger partial charge in [-0.2, -0.15) is 4.98 Å². The van der Waals surface area contributed by atoms with E-state index in [-0.39, 0.29) is 17.9 Å². The number of rotatable bonds is 4. The lowest BCUT2D eigenvalue weighted by atomic mass is 10.1. The molecule has 3 rings (SSSR count). The summed E-state index contributed by atoms with van der Waals surface area (Å²) >= 11 is 0. The van der Waals surface area contributed by atoms with Crippen molar-refractivity contribution in [3.63, 3.8) is 0 Å². The standard InChI is InChI=1S/C16H19N3O3/c1-10(2)16-18-14(19-22-16)11-3-5-12(6-4-11)15(20)17-13-7-8-21-9-13/h3-6,10,13H,7-9H2,1-2H3,(H,17,20)/t13-/m0/s1. The molecule has 0 bridgehead atoms. The zero-order valence-electron chi connectivity index (χ0n) is 12.7. The van der Waals surface area contributed by atoms with E-state index in [1.807, 2.05) is 26.0 Å². The molecule has 1 fully saturated rings. The Balaban J connectivity index is 1.70. The lowest BCUT2D eigenvalue weighted by molar-refractivity contribution is 0.0930. The van der Waals surface area contributed by atoms with Crippen LogP contribution in [-0.2, 0) is 4.74 Å². The predicted molar refractivity (Wildman–Crippen MR) is 80.5 cm³/mol. The monoisotopic (exact) mass is 301 g/mol. The van der Waals surface area contributed by atoms with Crippen molar-refractivity contribution in [1.82, 2.24) is 15.5 Å². The summed E-state index contributed by atoms with van der Waals surface area (Å²) in [6.45, 7) is 5.29. The Hall–Kier alpha value is -2.21. The largest absolute Gasteiger partial charge is 0.379 e. The van der Waals surface area contributed by atoms with Crippen molar-refractivity contribution in [1.29, 1.82) is 0 Å². The van der Waals surface area contributed by atoms with Gasteiger partial charge >= 0.3 is 0 Å². The van der Waals surface area contributed by atoms with Gasteiger partial charge in [0.2, 0.25) is 11.7 Å². The maximum atomic E-state index is 12.1. The SMILES string of the molecule is CC(C)c1nc(-c2ccc(C(=O)N[C@H]3CCOC3)cc2)no1. The third-order valence-electron chi connectivity index (χ3n) is 3.61. The lowest BCUT2D eigenvalue weighted by Gasteiger charge is -2.10. The number of ether oxygens (including phenoxy) is 1. The van der Waals surface area contributed by atoms with Gasteiger partial charge in [0.25, 0.3) is 5.91 Å². The van der Waals surface area contributed by atoms with Crippen molar-refractivity contribution in [2.45, 2.75) is 32.2 Å². The van der Waals surface area contributed by atoms with E-state index >= 15 is 0 Å². The smallest absolute Gasteiger partial charge is 0.251 e. The molecule has 0 unspecified atom stereocenters. The highest BCUT2D eigenvalue weighted by Crippen LogP contribution is 2.20. The zero-order chi connectivity index (χ0) is 15.5. The van der Waals surface area contributed by atoms with Crippen molar-refractivity contribution in [2.75, 3.05) is 13.2 Å². The molecule has 2 aromatic rings. The molecule has 0 spiro atoms. The predicted octanol–water partition coefficient (Wildman–Crippen LogP) is 2.38. The zero-order valence-corrected chi connectivity index (χ0v) is 12.7. The Bertz CT molecular complexity index is 643. The fourth-order valence-corrected chi connectivity index (χ4v) is 2.27. The Kier molecular flexibility index (Phi) is 4.20. The second kappa shape index (κ2) is 6.27. The van der Waals surface area contributed by atoms with Crippen LogP contribution in [0.1, 0.15) is 42.4 Å². The molecular weight excluding hydrogens is 282 g/mol. The fraction of sp³-hybridized carbons (Fsp3) is 0.438. The van der Waals surface area contributed by atoms with Crippen LogP contribution >= 0.6 is 0 Å². The summed E-state index contributed by atoms with van der Waals surface area (Å²) in [6, 6.07) is 7.31. The molecule has 1 N–H and O–H groups in total. The van der Waals surface area contributed by atoms with Gasteiger partial charge in [0.15, 0.2) is 0 Å². The number of nitrogens with one attached hydrogen (secondary N) is 1. The van der Waals surface area contributed by atoms with E-state index in [0.717, 1.165) is 12.0 Å². The van der Waals surface area contributed by atoms with Crippen molar-refractivity contribution in [3.8, 4) is 11.4 Å². The van der Waals surface area contributed by atoms with Crippen molar-refractivity contribution in [2.24, 2.45) is 0 Å². The molecule has 2 heterocycles. The van der Waals surface area contributed by atoms with Crippen LogP contribution in [0.3, 0.4) is 0 Å². The van der Waals surface area contributed by atoms with E-state index in [4.69, 9.17) is 9.26 Å². The second-order valence-electron chi connectivity index (χ2n) is 5.72. The average Bonchev–Trinajstić information content (AvgIpc) is 3.18. The van der Waals surface area contributed by atoms with Crippen LogP contribution in [-0.4, -0.2) is 35.3 Å². The van der Waals surface area contributed by atoms with Crippen molar-refractivity contribution in [3.05, 3.63) is 35.7 Å². The average molecular weight is 301 g/mol. The topological polar surface area (TPSA) is 77.2 Å². The molecule has 0 saturated carbocycles. The highest BCUT2D eigenvalue weighted by molar-refractivity contribution is 5.94. The molecule has 1 aromatic carbocycles. The van der Waals surface area contributed by atoms with E-state index in [1.54, 1.807) is 12.1 Å². The summed E-state index contributed by atoms with van der Waals surface area (Å²) in [7, 11) is 0. The summed E-state index contributed by atoms with van der Waals surface area (Å²) in [4.78, 5) is 16.5. The van der Waals surface area contributed by atoms with E-state index < -0.39 is 0 Å². The van der Waals surface area contributed by atoms with Gasteiger partial charge in [-0.1, -0.05) is 31.1 Å². The first-order chi connectivity index (χ1) is 10.6. The fourth-order valence-electron chi connectivity index (χ4n) is 2.27. The summed E-state index contributed by atoms with van der Waals surface area (Å²) in [5.74, 6) is 1.26. The number of nitrogens with zero attached hydrogens (tertiary/aromatic N) is 2. The molecule has 0 radical (unpaired) electrons. The van der Waals surface area contributed by atoms with E-state index in [2.05, 4.69) is 15.5 Å². The first-order valence-electron chi connectivity index (χ1n) is 7.46. The van der Waals surface area contributed by atoms with Gasteiger partial charge in [-0.05, 0) is 18.6 Å². The van der Waals surface area contributed by atoms with Crippen LogP contribution < -0.4 is 5.32 Å².